The average molecular weight is 431 g/mol. The molecule has 2 unspecified atom stereocenters. The first-order chi connectivity index (χ1) is 14.9. The number of ether oxygens (including phenoxy) is 1. The Morgan fingerprint density at radius 2 is 1.90 bits per heavy atom. The average Bonchev–Trinajstić information content (AvgIpc) is 3.00. The molecular formula is C26H38O5. The summed E-state index contributed by atoms with van der Waals surface area (Å²) in [4.78, 5) is 11.5. The summed E-state index contributed by atoms with van der Waals surface area (Å²) in [7, 11) is 0. The SMILES string of the molecule is CC(C)OC(=O)CCCC=CCC1C(C=C[C@H](O)CCc2ccccc2)[C@H](O)C[C@@H]1O. The summed E-state index contributed by atoms with van der Waals surface area (Å²) < 4.78 is 5.11. The van der Waals surface area contributed by atoms with Crippen LogP contribution in [-0.4, -0.2) is 45.7 Å². The van der Waals surface area contributed by atoms with Crippen LogP contribution in [0.15, 0.2) is 54.6 Å². The van der Waals surface area contributed by atoms with Crippen molar-refractivity contribution in [2.24, 2.45) is 11.8 Å². The summed E-state index contributed by atoms with van der Waals surface area (Å²) in [6.45, 7) is 3.68. The molecule has 5 heteroatoms. The molecule has 0 radical (unpaired) electrons. The molecule has 1 aliphatic rings. The van der Waals surface area contributed by atoms with Crippen molar-refractivity contribution in [2.75, 3.05) is 0 Å². The van der Waals surface area contributed by atoms with E-state index in [-0.39, 0.29) is 23.9 Å². The second kappa shape index (κ2) is 13.5. The molecular weight excluding hydrogens is 392 g/mol. The van der Waals surface area contributed by atoms with Gasteiger partial charge >= 0.3 is 5.97 Å². The molecule has 0 heterocycles. The Balaban J connectivity index is 1.77. The minimum Gasteiger partial charge on any atom is -0.463 e. The van der Waals surface area contributed by atoms with Crippen molar-refractivity contribution in [3.05, 3.63) is 60.2 Å². The van der Waals surface area contributed by atoms with Crippen molar-refractivity contribution in [3.63, 3.8) is 0 Å². The van der Waals surface area contributed by atoms with Gasteiger partial charge in [-0.2, -0.15) is 0 Å². The smallest absolute Gasteiger partial charge is 0.306 e. The Kier molecular flexibility index (Phi) is 11.0. The second-order valence-corrected chi connectivity index (χ2v) is 8.73. The van der Waals surface area contributed by atoms with Gasteiger partial charge in [0.15, 0.2) is 0 Å². The lowest BCUT2D eigenvalue weighted by atomic mass is 9.89. The third kappa shape index (κ3) is 9.38. The van der Waals surface area contributed by atoms with Gasteiger partial charge in [-0.05, 0) is 57.4 Å². The highest BCUT2D eigenvalue weighted by Crippen LogP contribution is 2.36. The molecule has 0 aliphatic heterocycles. The Bertz CT molecular complexity index is 697. The highest BCUT2D eigenvalue weighted by molar-refractivity contribution is 5.69. The molecule has 1 saturated carbocycles. The standard InChI is InChI=1S/C26H38O5/c1-19(2)31-26(30)13-9-4-3-8-12-22-23(25(29)18-24(22)28)17-16-21(27)15-14-20-10-6-5-7-11-20/h3,5-8,10-11,16-17,19,21-25,27-29H,4,9,12-15,18H2,1-2H3/t21-,22?,23?,24+,25-/m1/s1. The van der Waals surface area contributed by atoms with Gasteiger partial charge in [-0.15, -0.1) is 0 Å². The van der Waals surface area contributed by atoms with E-state index in [2.05, 4.69) is 0 Å². The van der Waals surface area contributed by atoms with E-state index < -0.39 is 18.3 Å². The summed E-state index contributed by atoms with van der Waals surface area (Å²) in [6.07, 6.45) is 10.2. The number of carbonyl (C=O) groups is 1. The number of rotatable bonds is 12. The molecule has 0 amide bonds. The zero-order valence-electron chi connectivity index (χ0n) is 18.8. The van der Waals surface area contributed by atoms with Gasteiger partial charge in [0.25, 0.3) is 0 Å². The molecule has 3 N–H and O–H groups in total. The largest absolute Gasteiger partial charge is 0.463 e. The van der Waals surface area contributed by atoms with Crippen LogP contribution < -0.4 is 0 Å². The van der Waals surface area contributed by atoms with Crippen LogP contribution in [-0.2, 0) is 16.0 Å². The van der Waals surface area contributed by atoms with E-state index in [0.717, 1.165) is 19.3 Å². The van der Waals surface area contributed by atoms with Crippen molar-refractivity contribution < 1.29 is 24.9 Å². The highest BCUT2D eigenvalue weighted by Gasteiger charge is 2.39. The van der Waals surface area contributed by atoms with Gasteiger partial charge in [0, 0.05) is 18.8 Å². The Labute approximate surface area is 186 Å². The van der Waals surface area contributed by atoms with Crippen molar-refractivity contribution in [1.82, 2.24) is 0 Å². The molecule has 1 aromatic rings. The molecule has 1 aromatic carbocycles. The van der Waals surface area contributed by atoms with E-state index in [1.165, 1.54) is 5.56 Å². The van der Waals surface area contributed by atoms with Crippen molar-refractivity contribution >= 4 is 5.97 Å². The molecule has 0 saturated heterocycles. The van der Waals surface area contributed by atoms with Crippen LogP contribution in [0.5, 0.6) is 0 Å². The molecule has 0 spiro atoms. The first-order valence-corrected chi connectivity index (χ1v) is 11.5. The van der Waals surface area contributed by atoms with Gasteiger partial charge in [0.2, 0.25) is 0 Å². The van der Waals surface area contributed by atoms with Crippen LogP contribution in [0.25, 0.3) is 0 Å². The van der Waals surface area contributed by atoms with E-state index in [1.54, 1.807) is 6.08 Å². The van der Waals surface area contributed by atoms with E-state index >= 15 is 0 Å². The molecule has 5 nitrogen and oxygen atoms in total. The number of unbranched alkanes of at least 4 members (excludes halogenated alkanes) is 1. The third-order valence-corrected chi connectivity index (χ3v) is 5.74. The highest BCUT2D eigenvalue weighted by atomic mass is 16.5. The molecule has 1 aliphatic carbocycles. The normalized spacial score (nSPS) is 25.0. The van der Waals surface area contributed by atoms with Crippen LogP contribution in [0.3, 0.4) is 0 Å². The zero-order chi connectivity index (χ0) is 22.6. The number of hydrogen-bond acceptors (Lipinski definition) is 5. The quantitative estimate of drug-likeness (QED) is 0.265. The lowest BCUT2D eigenvalue weighted by molar-refractivity contribution is -0.147. The van der Waals surface area contributed by atoms with Crippen LogP contribution in [0, 0.1) is 11.8 Å². The predicted octanol–water partition coefficient (Wildman–Crippen LogP) is 3.96. The van der Waals surface area contributed by atoms with Crippen molar-refractivity contribution in [3.8, 4) is 0 Å². The lowest BCUT2D eigenvalue weighted by Crippen LogP contribution is -2.20. The van der Waals surface area contributed by atoms with Gasteiger partial charge < -0.3 is 20.1 Å². The van der Waals surface area contributed by atoms with Crippen molar-refractivity contribution in [1.29, 1.82) is 0 Å². The fourth-order valence-electron chi connectivity index (χ4n) is 4.08. The number of hydrogen-bond donors (Lipinski definition) is 3. The van der Waals surface area contributed by atoms with E-state index in [4.69, 9.17) is 4.74 Å². The monoisotopic (exact) mass is 430 g/mol. The maximum Gasteiger partial charge on any atom is 0.306 e. The number of esters is 1. The predicted molar refractivity (Wildman–Crippen MR) is 122 cm³/mol. The maximum absolute atomic E-state index is 11.5. The molecule has 0 bridgehead atoms. The Morgan fingerprint density at radius 1 is 1.16 bits per heavy atom. The topological polar surface area (TPSA) is 87.0 Å². The van der Waals surface area contributed by atoms with Crippen molar-refractivity contribution in [2.45, 2.75) is 83.2 Å². The third-order valence-electron chi connectivity index (χ3n) is 5.74. The number of benzene rings is 1. The fourth-order valence-corrected chi connectivity index (χ4v) is 4.08. The van der Waals surface area contributed by atoms with Crippen LogP contribution in [0.1, 0.15) is 57.9 Å². The van der Waals surface area contributed by atoms with E-state index in [1.807, 2.05) is 62.4 Å². The first kappa shape index (κ1) is 25.3. The molecule has 0 aromatic heterocycles. The van der Waals surface area contributed by atoms with Crippen LogP contribution in [0.2, 0.25) is 0 Å². The molecule has 31 heavy (non-hydrogen) atoms. The number of aryl methyl sites for hydroxylation is 1. The summed E-state index contributed by atoms with van der Waals surface area (Å²) in [5.41, 5.74) is 1.19. The van der Waals surface area contributed by atoms with Gasteiger partial charge in [-0.1, -0.05) is 54.6 Å². The minimum absolute atomic E-state index is 0.0743. The zero-order valence-corrected chi connectivity index (χ0v) is 18.8. The first-order valence-electron chi connectivity index (χ1n) is 11.5. The molecule has 5 atom stereocenters. The summed E-state index contributed by atoms with van der Waals surface area (Å²) in [6, 6.07) is 10.0. The summed E-state index contributed by atoms with van der Waals surface area (Å²) in [5.74, 6) is -0.421. The lowest BCUT2D eigenvalue weighted by Gasteiger charge is -2.19. The van der Waals surface area contributed by atoms with Gasteiger partial charge in [0.1, 0.15) is 0 Å². The number of aliphatic hydroxyl groups is 3. The second-order valence-electron chi connectivity index (χ2n) is 8.73. The van der Waals surface area contributed by atoms with Crippen LogP contribution >= 0.6 is 0 Å². The molecule has 2 rings (SSSR count). The molecule has 172 valence electrons. The molecule has 1 fully saturated rings. The number of aliphatic hydroxyl groups excluding tert-OH is 3. The van der Waals surface area contributed by atoms with Gasteiger partial charge in [-0.3, -0.25) is 4.79 Å². The van der Waals surface area contributed by atoms with Gasteiger partial charge in [0.05, 0.1) is 24.4 Å². The minimum atomic E-state index is -0.600. The van der Waals surface area contributed by atoms with E-state index in [9.17, 15) is 20.1 Å². The summed E-state index contributed by atoms with van der Waals surface area (Å²) in [5, 5.41) is 31.0. The van der Waals surface area contributed by atoms with E-state index in [0.29, 0.717) is 25.7 Å². The van der Waals surface area contributed by atoms with Gasteiger partial charge in [-0.25, -0.2) is 0 Å². The Morgan fingerprint density at radius 3 is 2.61 bits per heavy atom. The Hall–Kier alpha value is -1.95. The number of carbonyl (C=O) groups excluding carboxylic acids is 1. The fraction of sp³-hybridized carbons (Fsp3) is 0.577. The number of allylic oxidation sites excluding steroid dienone is 2. The summed E-state index contributed by atoms with van der Waals surface area (Å²) >= 11 is 0. The van der Waals surface area contributed by atoms with Crippen LogP contribution in [0.4, 0.5) is 0 Å². The maximum atomic E-state index is 11.5.